The van der Waals surface area contributed by atoms with Gasteiger partial charge in [0, 0.05) is 6.08 Å². The number of allylic oxidation sites excluding steroid dienone is 1. The largest absolute Gasteiger partial charge is 0.460 e. The molecular formula is C22H24O4. The van der Waals surface area contributed by atoms with E-state index in [0.717, 1.165) is 17.2 Å². The molecule has 1 atom stereocenters. The van der Waals surface area contributed by atoms with Gasteiger partial charge in [0.25, 0.3) is 0 Å². The van der Waals surface area contributed by atoms with Crippen molar-refractivity contribution >= 4 is 17.6 Å². The quantitative estimate of drug-likeness (QED) is 0.423. The number of carbonyl (C=O) groups excluding carboxylic acids is 1. The van der Waals surface area contributed by atoms with Gasteiger partial charge in [-0.2, -0.15) is 0 Å². The van der Waals surface area contributed by atoms with Crippen molar-refractivity contribution in [2.24, 2.45) is 0 Å². The van der Waals surface area contributed by atoms with Crippen LogP contribution in [-0.4, -0.2) is 30.4 Å². The second-order valence-electron chi connectivity index (χ2n) is 5.94. The summed E-state index contributed by atoms with van der Waals surface area (Å²) in [5.74, 6) is -0.557. The summed E-state index contributed by atoms with van der Waals surface area (Å²) >= 11 is 0. The first-order valence-corrected chi connectivity index (χ1v) is 8.46. The van der Waals surface area contributed by atoms with Crippen LogP contribution in [0.5, 0.6) is 0 Å². The number of hydrogen-bond acceptors (Lipinski definition) is 4. The summed E-state index contributed by atoms with van der Waals surface area (Å²) in [4.78, 5) is 10.9. The summed E-state index contributed by atoms with van der Waals surface area (Å²) in [5, 5.41) is 9.68. The minimum Gasteiger partial charge on any atom is -0.460 e. The Kier molecular flexibility index (Phi) is 7.80. The fourth-order valence-electron chi connectivity index (χ4n) is 2.34. The maximum atomic E-state index is 10.9. The van der Waals surface area contributed by atoms with E-state index in [1.807, 2.05) is 30.3 Å². The van der Waals surface area contributed by atoms with Crippen LogP contribution in [0, 0.1) is 0 Å². The molecule has 2 rings (SSSR count). The number of rotatable bonds is 9. The van der Waals surface area contributed by atoms with Crippen molar-refractivity contribution in [1.29, 1.82) is 0 Å². The summed E-state index contributed by atoms with van der Waals surface area (Å²) in [7, 11) is 0. The van der Waals surface area contributed by atoms with Crippen molar-refractivity contribution in [3.05, 3.63) is 83.9 Å². The molecule has 0 aliphatic heterocycles. The first-order chi connectivity index (χ1) is 12.6. The number of aliphatic hydroxyl groups excluding tert-OH is 1. The topological polar surface area (TPSA) is 55.8 Å². The monoisotopic (exact) mass is 352 g/mol. The Hall–Kier alpha value is -2.69. The molecule has 26 heavy (non-hydrogen) atoms. The molecule has 4 heteroatoms. The maximum Gasteiger partial charge on any atom is 0.330 e. The van der Waals surface area contributed by atoms with Gasteiger partial charge in [-0.15, -0.1) is 0 Å². The van der Waals surface area contributed by atoms with Gasteiger partial charge in [0.1, 0.15) is 12.7 Å². The number of esters is 1. The SMILES string of the molecule is C=CC(=O)OCC(O)COCc1ccc(/C(C)=C/c2ccccc2)cc1. The van der Waals surface area contributed by atoms with Gasteiger partial charge in [0.2, 0.25) is 0 Å². The molecule has 4 nitrogen and oxygen atoms in total. The van der Waals surface area contributed by atoms with E-state index >= 15 is 0 Å². The highest BCUT2D eigenvalue weighted by Gasteiger charge is 2.07. The van der Waals surface area contributed by atoms with Crippen molar-refractivity contribution in [1.82, 2.24) is 0 Å². The third-order valence-corrected chi connectivity index (χ3v) is 3.76. The lowest BCUT2D eigenvalue weighted by Crippen LogP contribution is -2.23. The Morgan fingerprint density at radius 1 is 1.12 bits per heavy atom. The Morgan fingerprint density at radius 2 is 1.81 bits per heavy atom. The summed E-state index contributed by atoms with van der Waals surface area (Å²) in [6, 6.07) is 18.3. The zero-order valence-electron chi connectivity index (χ0n) is 14.9. The molecule has 0 aromatic heterocycles. The van der Waals surface area contributed by atoms with Gasteiger partial charge < -0.3 is 14.6 Å². The van der Waals surface area contributed by atoms with Crippen LogP contribution in [0.1, 0.15) is 23.6 Å². The van der Waals surface area contributed by atoms with E-state index in [0.29, 0.717) is 6.61 Å². The Balaban J connectivity index is 1.81. The van der Waals surface area contributed by atoms with Crippen molar-refractivity contribution in [3.63, 3.8) is 0 Å². The van der Waals surface area contributed by atoms with Gasteiger partial charge >= 0.3 is 5.97 Å². The van der Waals surface area contributed by atoms with Crippen molar-refractivity contribution < 1.29 is 19.4 Å². The minimum absolute atomic E-state index is 0.0963. The first-order valence-electron chi connectivity index (χ1n) is 8.46. The highest BCUT2D eigenvalue weighted by Crippen LogP contribution is 2.18. The third kappa shape index (κ3) is 6.67. The Labute approximate surface area is 154 Å². The van der Waals surface area contributed by atoms with Gasteiger partial charge in [-0.3, -0.25) is 0 Å². The predicted molar refractivity (Wildman–Crippen MR) is 103 cm³/mol. The van der Waals surface area contributed by atoms with Crippen LogP contribution in [-0.2, 0) is 20.9 Å². The summed E-state index contributed by atoms with van der Waals surface area (Å²) in [6.07, 6.45) is 2.35. The van der Waals surface area contributed by atoms with Crippen molar-refractivity contribution in [2.45, 2.75) is 19.6 Å². The first kappa shape index (κ1) is 19.6. The Bertz CT molecular complexity index is 732. The number of aliphatic hydroxyl groups is 1. The standard InChI is InChI=1S/C22H24O4/c1-3-22(24)26-16-21(23)15-25-14-19-9-11-20(12-10-19)17(2)13-18-7-5-4-6-8-18/h3-13,21,23H,1,14-16H2,2H3/b17-13+. The number of carbonyl (C=O) groups is 1. The van der Waals surface area contributed by atoms with Crippen LogP contribution in [0.25, 0.3) is 11.6 Å². The lowest BCUT2D eigenvalue weighted by Gasteiger charge is -2.11. The van der Waals surface area contributed by atoms with Crippen LogP contribution in [0.3, 0.4) is 0 Å². The molecule has 0 aliphatic rings. The molecule has 0 saturated heterocycles. The van der Waals surface area contributed by atoms with Gasteiger partial charge in [0.05, 0.1) is 13.2 Å². The fourth-order valence-corrected chi connectivity index (χ4v) is 2.34. The van der Waals surface area contributed by atoms with Gasteiger partial charge in [-0.05, 0) is 29.2 Å². The summed E-state index contributed by atoms with van der Waals surface area (Å²) in [5.41, 5.74) is 4.51. The lowest BCUT2D eigenvalue weighted by molar-refractivity contribution is -0.141. The molecule has 1 N–H and O–H groups in total. The van der Waals surface area contributed by atoms with Crippen LogP contribution in [0.2, 0.25) is 0 Å². The van der Waals surface area contributed by atoms with Crippen LogP contribution in [0.4, 0.5) is 0 Å². The van der Waals surface area contributed by atoms with Gasteiger partial charge in [-0.1, -0.05) is 67.3 Å². The zero-order valence-corrected chi connectivity index (χ0v) is 14.9. The molecule has 0 spiro atoms. The average Bonchev–Trinajstić information content (AvgIpc) is 2.67. The highest BCUT2D eigenvalue weighted by molar-refractivity contribution is 5.81. The van der Waals surface area contributed by atoms with E-state index in [1.165, 1.54) is 11.1 Å². The molecule has 2 aromatic rings. The number of ether oxygens (including phenoxy) is 2. The molecule has 0 heterocycles. The van der Waals surface area contributed by atoms with Crippen molar-refractivity contribution in [3.8, 4) is 0 Å². The van der Waals surface area contributed by atoms with Crippen LogP contribution in [0.15, 0.2) is 67.3 Å². The molecule has 136 valence electrons. The molecule has 0 bridgehead atoms. The van der Waals surface area contributed by atoms with E-state index in [2.05, 4.69) is 43.8 Å². The molecule has 0 fully saturated rings. The molecular weight excluding hydrogens is 328 g/mol. The maximum absolute atomic E-state index is 10.9. The van der Waals surface area contributed by atoms with E-state index < -0.39 is 12.1 Å². The molecule has 0 saturated carbocycles. The number of hydrogen-bond donors (Lipinski definition) is 1. The van der Waals surface area contributed by atoms with Gasteiger partial charge in [0.15, 0.2) is 0 Å². The summed E-state index contributed by atoms with van der Waals surface area (Å²) < 4.78 is 10.2. The molecule has 1 unspecified atom stereocenters. The van der Waals surface area contributed by atoms with E-state index in [9.17, 15) is 9.90 Å². The smallest absolute Gasteiger partial charge is 0.330 e. The molecule has 2 aromatic carbocycles. The second kappa shape index (κ2) is 10.3. The predicted octanol–water partition coefficient (Wildman–Crippen LogP) is 3.85. The fraction of sp³-hybridized carbons (Fsp3) is 0.227. The normalized spacial score (nSPS) is 12.5. The van der Waals surface area contributed by atoms with Gasteiger partial charge in [-0.25, -0.2) is 4.79 Å². The van der Waals surface area contributed by atoms with E-state index in [-0.39, 0.29) is 13.2 Å². The molecule has 0 radical (unpaired) electrons. The second-order valence-corrected chi connectivity index (χ2v) is 5.94. The highest BCUT2D eigenvalue weighted by atomic mass is 16.5. The van der Waals surface area contributed by atoms with E-state index in [1.54, 1.807) is 0 Å². The van der Waals surface area contributed by atoms with Crippen LogP contribution >= 0.6 is 0 Å². The molecule has 0 amide bonds. The number of benzene rings is 2. The summed E-state index contributed by atoms with van der Waals surface area (Å²) in [6.45, 7) is 5.75. The third-order valence-electron chi connectivity index (χ3n) is 3.76. The average molecular weight is 352 g/mol. The van der Waals surface area contributed by atoms with E-state index in [4.69, 9.17) is 9.47 Å². The lowest BCUT2D eigenvalue weighted by atomic mass is 10.0. The zero-order chi connectivity index (χ0) is 18.8. The van der Waals surface area contributed by atoms with Crippen LogP contribution < -0.4 is 0 Å². The minimum atomic E-state index is -0.853. The Morgan fingerprint density at radius 3 is 2.46 bits per heavy atom. The molecule has 0 aliphatic carbocycles. The van der Waals surface area contributed by atoms with Crippen molar-refractivity contribution in [2.75, 3.05) is 13.2 Å².